The van der Waals surface area contributed by atoms with Crippen molar-refractivity contribution in [2.24, 2.45) is 0 Å². The molecule has 0 spiro atoms. The van der Waals surface area contributed by atoms with E-state index in [-0.39, 0.29) is 6.61 Å². The van der Waals surface area contributed by atoms with E-state index in [1.807, 2.05) is 0 Å². The molecule has 0 unspecified atom stereocenters. The van der Waals surface area contributed by atoms with Crippen molar-refractivity contribution in [1.82, 2.24) is 4.98 Å². The molecule has 1 rings (SSSR count). The SMILES string of the molecule is C=C(F)COc1ccc(N)cn1. The van der Waals surface area contributed by atoms with Gasteiger partial charge < -0.3 is 10.5 Å². The van der Waals surface area contributed by atoms with Crippen molar-refractivity contribution in [2.45, 2.75) is 0 Å². The van der Waals surface area contributed by atoms with Crippen molar-refractivity contribution in [3.8, 4) is 5.88 Å². The molecule has 0 saturated carbocycles. The highest BCUT2D eigenvalue weighted by atomic mass is 19.1. The van der Waals surface area contributed by atoms with Gasteiger partial charge in [-0.15, -0.1) is 0 Å². The van der Waals surface area contributed by atoms with E-state index in [1.165, 1.54) is 6.20 Å². The molecule has 64 valence electrons. The second kappa shape index (κ2) is 3.71. The van der Waals surface area contributed by atoms with Gasteiger partial charge in [-0.25, -0.2) is 9.37 Å². The summed E-state index contributed by atoms with van der Waals surface area (Å²) in [6, 6.07) is 3.20. The molecule has 0 fully saturated rings. The molecule has 0 saturated heterocycles. The third kappa shape index (κ3) is 2.57. The predicted octanol–water partition coefficient (Wildman–Crippen LogP) is 1.53. The van der Waals surface area contributed by atoms with E-state index < -0.39 is 5.83 Å². The fraction of sp³-hybridized carbons (Fsp3) is 0.125. The van der Waals surface area contributed by atoms with Gasteiger partial charge in [-0.1, -0.05) is 6.58 Å². The summed E-state index contributed by atoms with van der Waals surface area (Å²) in [7, 11) is 0. The van der Waals surface area contributed by atoms with Crippen LogP contribution < -0.4 is 10.5 Å². The molecule has 12 heavy (non-hydrogen) atoms. The average Bonchev–Trinajstić information content (AvgIpc) is 2.03. The second-order valence-electron chi connectivity index (χ2n) is 2.24. The first-order valence-corrected chi connectivity index (χ1v) is 3.36. The van der Waals surface area contributed by atoms with Crippen LogP contribution in [0.1, 0.15) is 0 Å². The van der Waals surface area contributed by atoms with Gasteiger partial charge in [0.15, 0.2) is 0 Å². The number of nitrogen functional groups attached to an aromatic ring is 1. The quantitative estimate of drug-likeness (QED) is 0.744. The van der Waals surface area contributed by atoms with Gasteiger partial charge in [-0.2, -0.15) is 0 Å². The zero-order valence-electron chi connectivity index (χ0n) is 6.46. The molecule has 0 amide bonds. The van der Waals surface area contributed by atoms with Crippen LogP contribution in [0.3, 0.4) is 0 Å². The second-order valence-corrected chi connectivity index (χ2v) is 2.24. The summed E-state index contributed by atoms with van der Waals surface area (Å²) < 4.78 is 17.0. The fourth-order valence-electron chi connectivity index (χ4n) is 0.629. The van der Waals surface area contributed by atoms with Crippen LogP contribution in [0, 0.1) is 0 Å². The number of nitrogens with zero attached hydrogens (tertiary/aromatic N) is 1. The highest BCUT2D eigenvalue weighted by Gasteiger charge is 1.95. The van der Waals surface area contributed by atoms with Crippen molar-refractivity contribution in [1.29, 1.82) is 0 Å². The van der Waals surface area contributed by atoms with Crippen molar-refractivity contribution in [3.63, 3.8) is 0 Å². The topological polar surface area (TPSA) is 48.1 Å². The lowest BCUT2D eigenvalue weighted by molar-refractivity contribution is 0.308. The molecule has 1 aromatic rings. The molecule has 1 heterocycles. The Morgan fingerprint density at radius 1 is 1.67 bits per heavy atom. The maximum absolute atomic E-state index is 12.1. The summed E-state index contributed by atoms with van der Waals surface area (Å²) in [5.41, 5.74) is 5.92. The lowest BCUT2D eigenvalue weighted by Crippen LogP contribution is -1.98. The van der Waals surface area contributed by atoms with E-state index >= 15 is 0 Å². The summed E-state index contributed by atoms with van der Waals surface area (Å²) >= 11 is 0. The largest absolute Gasteiger partial charge is 0.470 e. The molecular weight excluding hydrogens is 159 g/mol. The molecule has 0 bridgehead atoms. The minimum atomic E-state index is -0.534. The van der Waals surface area contributed by atoms with E-state index in [0.29, 0.717) is 11.6 Å². The van der Waals surface area contributed by atoms with Crippen molar-refractivity contribution >= 4 is 5.69 Å². The molecule has 4 heteroatoms. The molecule has 0 radical (unpaired) electrons. The maximum Gasteiger partial charge on any atom is 0.213 e. The van der Waals surface area contributed by atoms with Crippen molar-refractivity contribution in [3.05, 3.63) is 30.7 Å². The lowest BCUT2D eigenvalue weighted by Gasteiger charge is -2.01. The fourth-order valence-corrected chi connectivity index (χ4v) is 0.629. The zero-order valence-corrected chi connectivity index (χ0v) is 6.46. The summed E-state index contributed by atoms with van der Waals surface area (Å²) in [5, 5.41) is 0. The first-order chi connectivity index (χ1) is 5.68. The van der Waals surface area contributed by atoms with Gasteiger partial charge in [-0.3, -0.25) is 0 Å². The van der Waals surface area contributed by atoms with Crippen molar-refractivity contribution < 1.29 is 9.13 Å². The van der Waals surface area contributed by atoms with Gasteiger partial charge in [0.1, 0.15) is 12.4 Å². The molecule has 0 aromatic carbocycles. The number of anilines is 1. The van der Waals surface area contributed by atoms with Crippen LogP contribution in [0.2, 0.25) is 0 Å². The summed E-state index contributed by atoms with van der Waals surface area (Å²) in [5.74, 6) is -0.198. The average molecular weight is 168 g/mol. The molecule has 0 atom stereocenters. The van der Waals surface area contributed by atoms with Gasteiger partial charge in [-0.05, 0) is 6.07 Å². The normalized spacial score (nSPS) is 9.42. The van der Waals surface area contributed by atoms with Gasteiger partial charge >= 0.3 is 0 Å². The third-order valence-corrected chi connectivity index (χ3v) is 1.14. The summed E-state index contributed by atoms with van der Waals surface area (Å²) in [6.07, 6.45) is 1.44. The highest BCUT2D eigenvalue weighted by molar-refractivity contribution is 5.35. The van der Waals surface area contributed by atoms with E-state index in [1.54, 1.807) is 12.1 Å². The number of rotatable bonds is 3. The van der Waals surface area contributed by atoms with Crippen LogP contribution in [0.5, 0.6) is 5.88 Å². The van der Waals surface area contributed by atoms with E-state index in [2.05, 4.69) is 11.6 Å². The minimum Gasteiger partial charge on any atom is -0.470 e. The van der Waals surface area contributed by atoms with Gasteiger partial charge in [0.25, 0.3) is 0 Å². The Labute approximate surface area is 69.7 Å². The van der Waals surface area contributed by atoms with Crippen LogP contribution in [0.15, 0.2) is 30.7 Å². The number of hydrogen-bond donors (Lipinski definition) is 1. The maximum atomic E-state index is 12.1. The van der Waals surface area contributed by atoms with Crippen LogP contribution in [0.25, 0.3) is 0 Å². The predicted molar refractivity (Wildman–Crippen MR) is 44.4 cm³/mol. The summed E-state index contributed by atoms with van der Waals surface area (Å²) in [4.78, 5) is 3.80. The Morgan fingerprint density at radius 2 is 2.42 bits per heavy atom. The van der Waals surface area contributed by atoms with E-state index in [0.717, 1.165) is 0 Å². The number of aromatic nitrogens is 1. The Morgan fingerprint density at radius 3 is 2.92 bits per heavy atom. The monoisotopic (exact) mass is 168 g/mol. The number of halogens is 1. The molecule has 3 nitrogen and oxygen atoms in total. The van der Waals surface area contributed by atoms with Crippen LogP contribution in [-0.4, -0.2) is 11.6 Å². The number of pyridine rings is 1. The molecule has 1 aromatic heterocycles. The van der Waals surface area contributed by atoms with Crippen LogP contribution in [0.4, 0.5) is 10.1 Å². The number of hydrogen-bond acceptors (Lipinski definition) is 3. The van der Waals surface area contributed by atoms with Crippen molar-refractivity contribution in [2.75, 3.05) is 12.3 Å². The zero-order chi connectivity index (χ0) is 8.97. The first kappa shape index (κ1) is 8.52. The standard InChI is InChI=1S/C8H9FN2O/c1-6(9)5-12-8-3-2-7(10)4-11-8/h2-4H,1,5,10H2. The smallest absolute Gasteiger partial charge is 0.213 e. The minimum absolute atomic E-state index is 0.170. The molecule has 0 aliphatic heterocycles. The van der Waals surface area contributed by atoms with Gasteiger partial charge in [0, 0.05) is 6.07 Å². The van der Waals surface area contributed by atoms with E-state index in [4.69, 9.17) is 10.5 Å². The first-order valence-electron chi connectivity index (χ1n) is 3.36. The Kier molecular flexibility index (Phi) is 2.63. The Hall–Kier alpha value is -1.58. The van der Waals surface area contributed by atoms with E-state index in [9.17, 15) is 4.39 Å². The van der Waals surface area contributed by atoms with Gasteiger partial charge in [0.2, 0.25) is 5.88 Å². The summed E-state index contributed by atoms with van der Waals surface area (Å²) in [6.45, 7) is 2.87. The number of ether oxygens (including phenoxy) is 1. The van der Waals surface area contributed by atoms with Crippen LogP contribution >= 0.6 is 0 Å². The molecular formula is C8H9FN2O. The van der Waals surface area contributed by atoms with Crippen LogP contribution in [-0.2, 0) is 0 Å². The molecule has 2 N–H and O–H groups in total. The molecule has 0 aliphatic carbocycles. The van der Waals surface area contributed by atoms with Gasteiger partial charge in [0.05, 0.1) is 11.9 Å². The highest BCUT2D eigenvalue weighted by Crippen LogP contribution is 2.09. The molecule has 0 aliphatic rings. The Balaban J connectivity index is 2.53. The third-order valence-electron chi connectivity index (χ3n) is 1.14. The Bertz CT molecular complexity index is 271. The lowest BCUT2D eigenvalue weighted by atomic mass is 10.4. The number of nitrogens with two attached hydrogens (primary N) is 1.